The number of thioether (sulfide) groups is 1. The average molecular weight is 461 g/mol. The molecule has 0 bridgehead atoms. The van der Waals surface area contributed by atoms with Gasteiger partial charge in [0.05, 0.1) is 30.1 Å². The summed E-state index contributed by atoms with van der Waals surface area (Å²) >= 11 is 1.37. The maximum Gasteiger partial charge on any atom is 0.250 e. The minimum Gasteiger partial charge on any atom is -0.493 e. The molecule has 0 aliphatic rings. The Morgan fingerprint density at radius 3 is 2.67 bits per heavy atom. The Morgan fingerprint density at radius 1 is 1.09 bits per heavy atom. The number of para-hydroxylation sites is 2. The number of benzene rings is 3. The summed E-state index contributed by atoms with van der Waals surface area (Å²) in [5.74, 6) is 1.24. The van der Waals surface area contributed by atoms with E-state index in [1.807, 2.05) is 84.4 Å². The molecule has 1 N–H and O–H groups in total. The standard InChI is InChI=1S/C25H24N4O3S/c1-29-21-11-7-6-10-20(21)27-25(29)33-17-24(30)28-26-15-19-12-13-22(23(14-19)31-2)32-16-18-8-4-3-5-9-18/h3-15H,16-17H2,1-2H3,(H,28,30)/b26-15+. The molecular formula is C25H24N4O3S. The number of carbonyl (C=O) groups excluding carboxylic acids is 1. The Hall–Kier alpha value is -3.78. The number of amides is 1. The number of nitrogens with zero attached hydrogens (tertiary/aromatic N) is 3. The number of nitrogens with one attached hydrogen (secondary N) is 1. The van der Waals surface area contributed by atoms with Gasteiger partial charge in [0.1, 0.15) is 6.61 Å². The molecule has 0 spiro atoms. The summed E-state index contributed by atoms with van der Waals surface area (Å²) < 4.78 is 13.3. The Morgan fingerprint density at radius 2 is 1.88 bits per heavy atom. The number of hydrazone groups is 1. The second kappa shape index (κ2) is 10.7. The molecule has 1 aromatic heterocycles. The summed E-state index contributed by atoms with van der Waals surface area (Å²) in [7, 11) is 3.53. The molecule has 3 aromatic carbocycles. The highest BCUT2D eigenvalue weighted by Crippen LogP contribution is 2.28. The third-order valence-electron chi connectivity index (χ3n) is 4.91. The Balaban J connectivity index is 1.30. The fraction of sp³-hybridized carbons (Fsp3) is 0.160. The summed E-state index contributed by atoms with van der Waals surface area (Å²) in [4.78, 5) is 16.8. The smallest absolute Gasteiger partial charge is 0.250 e. The number of fused-ring (bicyclic) bond motifs is 1. The molecule has 0 aliphatic heterocycles. The third-order valence-corrected chi connectivity index (χ3v) is 5.94. The van der Waals surface area contributed by atoms with Gasteiger partial charge in [-0.05, 0) is 41.5 Å². The van der Waals surface area contributed by atoms with E-state index in [0.717, 1.165) is 27.3 Å². The van der Waals surface area contributed by atoms with Crippen LogP contribution in [0.25, 0.3) is 11.0 Å². The number of methoxy groups -OCH3 is 1. The summed E-state index contributed by atoms with van der Waals surface area (Å²) in [6.45, 7) is 0.448. The van der Waals surface area contributed by atoms with Crippen molar-refractivity contribution in [2.45, 2.75) is 11.8 Å². The van der Waals surface area contributed by atoms with Gasteiger partial charge in [0.25, 0.3) is 5.91 Å². The fourth-order valence-corrected chi connectivity index (χ4v) is 3.99. The van der Waals surface area contributed by atoms with Crippen LogP contribution < -0.4 is 14.9 Å². The lowest BCUT2D eigenvalue weighted by Crippen LogP contribution is -2.19. The van der Waals surface area contributed by atoms with Gasteiger partial charge >= 0.3 is 0 Å². The highest BCUT2D eigenvalue weighted by molar-refractivity contribution is 7.99. The zero-order valence-electron chi connectivity index (χ0n) is 18.4. The molecule has 4 aromatic rings. The van der Waals surface area contributed by atoms with Crippen LogP contribution in [-0.2, 0) is 18.4 Å². The number of ether oxygens (including phenoxy) is 2. The van der Waals surface area contributed by atoms with E-state index in [9.17, 15) is 4.79 Å². The van der Waals surface area contributed by atoms with Crippen molar-refractivity contribution in [3.8, 4) is 11.5 Å². The largest absolute Gasteiger partial charge is 0.493 e. The van der Waals surface area contributed by atoms with Gasteiger partial charge in [0.2, 0.25) is 0 Å². The van der Waals surface area contributed by atoms with E-state index in [4.69, 9.17) is 9.47 Å². The zero-order chi connectivity index (χ0) is 23.0. The van der Waals surface area contributed by atoms with Crippen LogP contribution in [0.5, 0.6) is 11.5 Å². The van der Waals surface area contributed by atoms with Crippen LogP contribution in [0.2, 0.25) is 0 Å². The molecule has 0 saturated heterocycles. The van der Waals surface area contributed by atoms with Crippen LogP contribution >= 0.6 is 11.8 Å². The van der Waals surface area contributed by atoms with E-state index in [0.29, 0.717) is 18.1 Å². The summed E-state index contributed by atoms with van der Waals surface area (Å²) in [6, 6.07) is 23.3. The average Bonchev–Trinajstić information content (AvgIpc) is 3.18. The molecule has 0 atom stereocenters. The van der Waals surface area contributed by atoms with Crippen molar-refractivity contribution in [1.29, 1.82) is 0 Å². The first-order valence-corrected chi connectivity index (χ1v) is 11.3. The van der Waals surface area contributed by atoms with E-state index >= 15 is 0 Å². The van der Waals surface area contributed by atoms with Gasteiger partial charge in [0, 0.05) is 7.05 Å². The maximum absolute atomic E-state index is 12.2. The van der Waals surface area contributed by atoms with Crippen molar-refractivity contribution in [1.82, 2.24) is 15.0 Å². The van der Waals surface area contributed by atoms with Crippen molar-refractivity contribution >= 4 is 34.9 Å². The van der Waals surface area contributed by atoms with Crippen LogP contribution in [0.3, 0.4) is 0 Å². The number of rotatable bonds is 9. The molecule has 8 heteroatoms. The Kier molecular flexibility index (Phi) is 7.26. The number of imidazole rings is 1. The number of hydrogen-bond acceptors (Lipinski definition) is 6. The lowest BCUT2D eigenvalue weighted by Gasteiger charge is -2.11. The first-order chi connectivity index (χ1) is 16.1. The highest BCUT2D eigenvalue weighted by atomic mass is 32.2. The molecule has 7 nitrogen and oxygen atoms in total. The van der Waals surface area contributed by atoms with Gasteiger partial charge in [-0.2, -0.15) is 5.10 Å². The van der Waals surface area contributed by atoms with Crippen LogP contribution in [0.1, 0.15) is 11.1 Å². The van der Waals surface area contributed by atoms with Gasteiger partial charge in [-0.1, -0.05) is 54.2 Å². The van der Waals surface area contributed by atoms with E-state index in [1.165, 1.54) is 11.8 Å². The van der Waals surface area contributed by atoms with Gasteiger partial charge in [-0.3, -0.25) is 4.79 Å². The second-order valence-corrected chi connectivity index (χ2v) is 8.15. The predicted molar refractivity (Wildman–Crippen MR) is 131 cm³/mol. The minimum atomic E-state index is -0.210. The molecule has 0 aliphatic carbocycles. The lowest BCUT2D eigenvalue weighted by molar-refractivity contribution is -0.118. The van der Waals surface area contributed by atoms with Crippen molar-refractivity contribution < 1.29 is 14.3 Å². The molecule has 0 fully saturated rings. The van der Waals surface area contributed by atoms with Gasteiger partial charge in [-0.25, -0.2) is 10.4 Å². The van der Waals surface area contributed by atoms with Crippen LogP contribution in [-0.4, -0.2) is 34.5 Å². The highest BCUT2D eigenvalue weighted by Gasteiger charge is 2.10. The van der Waals surface area contributed by atoms with E-state index in [2.05, 4.69) is 15.5 Å². The zero-order valence-corrected chi connectivity index (χ0v) is 19.2. The van der Waals surface area contributed by atoms with Crippen LogP contribution in [0, 0.1) is 0 Å². The number of aryl methyl sites for hydroxylation is 1. The van der Waals surface area contributed by atoms with Crippen LogP contribution in [0.15, 0.2) is 83.1 Å². The number of hydrogen-bond donors (Lipinski definition) is 1. The molecule has 0 radical (unpaired) electrons. The van der Waals surface area contributed by atoms with Crippen molar-refractivity contribution in [2.24, 2.45) is 12.1 Å². The van der Waals surface area contributed by atoms with Crippen molar-refractivity contribution in [3.63, 3.8) is 0 Å². The maximum atomic E-state index is 12.2. The number of carbonyl (C=O) groups is 1. The molecule has 0 saturated carbocycles. The molecule has 4 rings (SSSR count). The Bertz CT molecular complexity index is 1270. The summed E-state index contributed by atoms with van der Waals surface area (Å²) in [6.07, 6.45) is 1.57. The molecule has 33 heavy (non-hydrogen) atoms. The first-order valence-electron chi connectivity index (χ1n) is 10.3. The van der Waals surface area contributed by atoms with Crippen molar-refractivity contribution in [2.75, 3.05) is 12.9 Å². The monoisotopic (exact) mass is 460 g/mol. The van der Waals surface area contributed by atoms with E-state index in [-0.39, 0.29) is 11.7 Å². The normalized spacial score (nSPS) is 11.1. The van der Waals surface area contributed by atoms with Gasteiger partial charge < -0.3 is 14.0 Å². The SMILES string of the molecule is COc1cc(/C=N/NC(=O)CSc2nc3ccccc3n2C)ccc1OCc1ccccc1. The minimum absolute atomic E-state index is 0.210. The summed E-state index contributed by atoms with van der Waals surface area (Å²) in [5, 5.41) is 4.84. The van der Waals surface area contributed by atoms with Gasteiger partial charge in [-0.15, -0.1) is 0 Å². The van der Waals surface area contributed by atoms with Crippen molar-refractivity contribution in [3.05, 3.63) is 83.9 Å². The molecule has 0 unspecified atom stereocenters. The molecular weight excluding hydrogens is 436 g/mol. The van der Waals surface area contributed by atoms with Gasteiger partial charge in [0.15, 0.2) is 16.7 Å². The lowest BCUT2D eigenvalue weighted by atomic mass is 10.2. The fourth-order valence-electron chi connectivity index (χ4n) is 3.21. The predicted octanol–water partition coefficient (Wildman–Crippen LogP) is 4.40. The second-order valence-electron chi connectivity index (χ2n) is 7.21. The Labute approximate surface area is 196 Å². The quantitative estimate of drug-likeness (QED) is 0.228. The number of aromatic nitrogens is 2. The molecule has 1 amide bonds. The van der Waals surface area contributed by atoms with Crippen LogP contribution in [0.4, 0.5) is 0 Å². The molecule has 1 heterocycles. The summed E-state index contributed by atoms with van der Waals surface area (Å²) in [5.41, 5.74) is 6.35. The third kappa shape index (κ3) is 5.72. The topological polar surface area (TPSA) is 77.7 Å². The van der Waals surface area contributed by atoms with E-state index in [1.54, 1.807) is 13.3 Å². The first kappa shape index (κ1) is 22.4. The van der Waals surface area contributed by atoms with E-state index < -0.39 is 0 Å². The molecule has 168 valence electrons.